The van der Waals surface area contributed by atoms with Crippen LogP contribution in [0.25, 0.3) is 0 Å². The molecule has 0 radical (unpaired) electrons. The zero-order chi connectivity index (χ0) is 14.2. The number of hydrogen-bond donors (Lipinski definition) is 3. The number of nitrogens with two attached hydrogens (primary N) is 1. The molecule has 5 nitrogen and oxygen atoms in total. The van der Waals surface area contributed by atoms with Gasteiger partial charge in [-0.1, -0.05) is 13.3 Å². The number of alkyl carbamates (subject to hydrolysis) is 1. The largest absolute Gasteiger partial charge is 0.444 e. The quantitative estimate of drug-likeness (QED) is 0.649. The van der Waals surface area contributed by atoms with Crippen LogP contribution < -0.4 is 16.4 Å². The molecule has 0 heterocycles. The van der Waals surface area contributed by atoms with E-state index in [1.165, 1.54) is 0 Å². The van der Waals surface area contributed by atoms with Crippen molar-refractivity contribution in [3.63, 3.8) is 0 Å². The first-order valence-electron chi connectivity index (χ1n) is 6.71. The lowest BCUT2D eigenvalue weighted by Gasteiger charge is -2.24. The monoisotopic (exact) mass is 259 g/mol. The first-order chi connectivity index (χ1) is 8.28. The van der Waals surface area contributed by atoms with Crippen LogP contribution in [0.4, 0.5) is 4.79 Å². The van der Waals surface area contributed by atoms with Gasteiger partial charge in [0.25, 0.3) is 0 Å². The minimum Gasteiger partial charge on any atom is -0.444 e. The summed E-state index contributed by atoms with van der Waals surface area (Å²) >= 11 is 0. The van der Waals surface area contributed by atoms with E-state index in [1.54, 1.807) is 0 Å². The standard InChI is InChI=1S/C13H29N3O2/c1-6-7-11(16-10(2)8-14)9-15-12(17)18-13(3,4)5/h10-11,16H,6-9,14H2,1-5H3,(H,15,17). The number of amides is 1. The van der Waals surface area contributed by atoms with Gasteiger partial charge in [-0.3, -0.25) is 0 Å². The van der Waals surface area contributed by atoms with E-state index in [9.17, 15) is 4.79 Å². The number of carbonyl (C=O) groups is 1. The van der Waals surface area contributed by atoms with E-state index >= 15 is 0 Å². The fraction of sp³-hybridized carbons (Fsp3) is 0.923. The van der Waals surface area contributed by atoms with E-state index in [-0.39, 0.29) is 18.2 Å². The van der Waals surface area contributed by atoms with E-state index in [2.05, 4.69) is 17.6 Å². The Morgan fingerprint density at radius 1 is 1.39 bits per heavy atom. The lowest BCUT2D eigenvalue weighted by atomic mass is 10.1. The number of rotatable bonds is 7. The average molecular weight is 259 g/mol. The van der Waals surface area contributed by atoms with Crippen molar-refractivity contribution in [3.8, 4) is 0 Å². The molecule has 5 heteroatoms. The van der Waals surface area contributed by atoms with Crippen molar-refractivity contribution in [1.29, 1.82) is 0 Å². The maximum Gasteiger partial charge on any atom is 0.407 e. The van der Waals surface area contributed by atoms with Gasteiger partial charge in [0, 0.05) is 25.2 Å². The summed E-state index contributed by atoms with van der Waals surface area (Å²) in [7, 11) is 0. The van der Waals surface area contributed by atoms with Crippen LogP contribution in [-0.4, -0.2) is 36.9 Å². The second-order valence-electron chi connectivity index (χ2n) is 5.67. The molecule has 2 atom stereocenters. The molecule has 0 aromatic carbocycles. The maximum absolute atomic E-state index is 11.5. The van der Waals surface area contributed by atoms with Gasteiger partial charge in [-0.25, -0.2) is 4.79 Å². The Morgan fingerprint density at radius 2 is 2.00 bits per heavy atom. The van der Waals surface area contributed by atoms with E-state index in [0.717, 1.165) is 12.8 Å². The number of carbonyl (C=O) groups excluding carboxylic acids is 1. The summed E-state index contributed by atoms with van der Waals surface area (Å²) in [6.07, 6.45) is 1.69. The Hall–Kier alpha value is -0.810. The van der Waals surface area contributed by atoms with Crippen molar-refractivity contribution >= 4 is 6.09 Å². The van der Waals surface area contributed by atoms with Gasteiger partial charge in [0.2, 0.25) is 0 Å². The Balaban J connectivity index is 4.06. The fourth-order valence-corrected chi connectivity index (χ4v) is 1.58. The summed E-state index contributed by atoms with van der Waals surface area (Å²) in [6.45, 7) is 10.9. The highest BCUT2D eigenvalue weighted by Gasteiger charge is 2.17. The third-order valence-electron chi connectivity index (χ3n) is 2.40. The van der Waals surface area contributed by atoms with Gasteiger partial charge in [-0.05, 0) is 34.1 Å². The van der Waals surface area contributed by atoms with Crippen LogP contribution in [0.2, 0.25) is 0 Å². The van der Waals surface area contributed by atoms with E-state index in [4.69, 9.17) is 10.5 Å². The number of ether oxygens (including phenoxy) is 1. The van der Waals surface area contributed by atoms with E-state index in [0.29, 0.717) is 13.1 Å². The second-order valence-corrected chi connectivity index (χ2v) is 5.67. The molecule has 18 heavy (non-hydrogen) atoms. The topological polar surface area (TPSA) is 76.4 Å². The molecule has 0 fully saturated rings. The zero-order valence-electron chi connectivity index (χ0n) is 12.4. The minimum absolute atomic E-state index is 0.237. The average Bonchev–Trinajstić information content (AvgIpc) is 2.23. The number of nitrogens with one attached hydrogen (secondary N) is 2. The van der Waals surface area contributed by atoms with Crippen LogP contribution in [0.3, 0.4) is 0 Å². The van der Waals surface area contributed by atoms with Gasteiger partial charge >= 0.3 is 6.09 Å². The lowest BCUT2D eigenvalue weighted by molar-refractivity contribution is 0.0521. The maximum atomic E-state index is 11.5. The molecular formula is C13H29N3O2. The summed E-state index contributed by atoms with van der Waals surface area (Å²) < 4.78 is 5.20. The molecular weight excluding hydrogens is 230 g/mol. The van der Waals surface area contributed by atoms with Crippen LogP contribution >= 0.6 is 0 Å². The first-order valence-corrected chi connectivity index (χ1v) is 6.71. The van der Waals surface area contributed by atoms with Crippen LogP contribution in [0.1, 0.15) is 47.5 Å². The normalized spacial score (nSPS) is 15.0. The van der Waals surface area contributed by atoms with Crippen molar-refractivity contribution in [2.24, 2.45) is 5.73 Å². The lowest BCUT2D eigenvalue weighted by Crippen LogP contribution is -2.47. The van der Waals surface area contributed by atoms with Gasteiger partial charge in [0.1, 0.15) is 5.60 Å². The van der Waals surface area contributed by atoms with Gasteiger partial charge in [0.05, 0.1) is 0 Å². The molecule has 0 aliphatic rings. The molecule has 1 amide bonds. The molecule has 2 unspecified atom stereocenters. The minimum atomic E-state index is -0.456. The predicted octanol–water partition coefficient (Wildman–Crippen LogP) is 1.62. The Kier molecular flexibility index (Phi) is 7.95. The SMILES string of the molecule is CCCC(CNC(=O)OC(C)(C)C)NC(C)CN. The third kappa shape index (κ3) is 9.24. The highest BCUT2D eigenvalue weighted by molar-refractivity contribution is 5.67. The molecule has 0 bridgehead atoms. The molecule has 4 N–H and O–H groups in total. The fourth-order valence-electron chi connectivity index (χ4n) is 1.58. The molecule has 0 aliphatic carbocycles. The van der Waals surface area contributed by atoms with Crippen LogP contribution in [-0.2, 0) is 4.74 Å². The van der Waals surface area contributed by atoms with Gasteiger partial charge in [-0.15, -0.1) is 0 Å². The molecule has 0 aromatic heterocycles. The van der Waals surface area contributed by atoms with Crippen molar-refractivity contribution in [3.05, 3.63) is 0 Å². The van der Waals surface area contributed by atoms with Gasteiger partial charge in [-0.2, -0.15) is 0 Å². The second kappa shape index (κ2) is 8.32. The van der Waals surface area contributed by atoms with Crippen molar-refractivity contribution in [2.45, 2.75) is 65.1 Å². The third-order valence-corrected chi connectivity index (χ3v) is 2.40. The summed E-state index contributed by atoms with van der Waals surface area (Å²) in [6, 6.07) is 0.489. The first kappa shape index (κ1) is 17.2. The summed E-state index contributed by atoms with van der Waals surface area (Å²) in [5.41, 5.74) is 5.13. The smallest absolute Gasteiger partial charge is 0.407 e. The van der Waals surface area contributed by atoms with Gasteiger partial charge < -0.3 is 21.1 Å². The Labute approximate surface area is 111 Å². The van der Waals surface area contributed by atoms with Crippen molar-refractivity contribution < 1.29 is 9.53 Å². The zero-order valence-corrected chi connectivity index (χ0v) is 12.4. The molecule has 0 saturated carbocycles. The van der Waals surface area contributed by atoms with Crippen LogP contribution in [0.15, 0.2) is 0 Å². The molecule has 108 valence electrons. The van der Waals surface area contributed by atoms with E-state index < -0.39 is 5.60 Å². The molecule has 0 aliphatic heterocycles. The highest BCUT2D eigenvalue weighted by atomic mass is 16.6. The highest BCUT2D eigenvalue weighted by Crippen LogP contribution is 2.06. The predicted molar refractivity (Wildman–Crippen MR) is 74.6 cm³/mol. The van der Waals surface area contributed by atoms with Crippen LogP contribution in [0, 0.1) is 0 Å². The molecule has 0 aromatic rings. The van der Waals surface area contributed by atoms with Crippen LogP contribution in [0.5, 0.6) is 0 Å². The van der Waals surface area contributed by atoms with Crippen molar-refractivity contribution in [1.82, 2.24) is 10.6 Å². The summed E-state index contributed by atoms with van der Waals surface area (Å²) in [5, 5.41) is 6.18. The molecule has 0 spiro atoms. The Morgan fingerprint density at radius 3 is 2.44 bits per heavy atom. The number of hydrogen-bond acceptors (Lipinski definition) is 4. The van der Waals surface area contributed by atoms with Gasteiger partial charge in [0.15, 0.2) is 0 Å². The van der Waals surface area contributed by atoms with Crippen molar-refractivity contribution in [2.75, 3.05) is 13.1 Å². The molecule has 0 rings (SSSR count). The Bertz CT molecular complexity index is 239. The summed E-state index contributed by atoms with van der Waals surface area (Å²) in [4.78, 5) is 11.5. The summed E-state index contributed by atoms with van der Waals surface area (Å²) in [5.74, 6) is 0. The van der Waals surface area contributed by atoms with E-state index in [1.807, 2.05) is 27.7 Å². The molecule has 0 saturated heterocycles.